The zero-order valence-corrected chi connectivity index (χ0v) is 12.5. The van der Waals surface area contributed by atoms with Gasteiger partial charge < -0.3 is 10.6 Å². The number of nitrogens with zero attached hydrogens (tertiary/aromatic N) is 4. The van der Waals surface area contributed by atoms with Crippen molar-refractivity contribution in [1.82, 2.24) is 25.3 Å². The maximum atomic E-state index is 12.5. The molecule has 10 heteroatoms. The summed E-state index contributed by atoms with van der Waals surface area (Å²) in [5.74, 6) is -0.560. The SMILES string of the molecule is Cn1cc([C@H]2CNC[C@@H]2C(=O)Nc2nnc(C(F)F)s2)cn1. The summed E-state index contributed by atoms with van der Waals surface area (Å²) in [7, 11) is 1.81. The number of alkyl halides is 2. The van der Waals surface area contributed by atoms with Gasteiger partial charge in [-0.3, -0.25) is 9.48 Å². The van der Waals surface area contributed by atoms with E-state index in [9.17, 15) is 13.6 Å². The fourth-order valence-electron chi connectivity index (χ4n) is 2.51. The molecule has 2 aromatic rings. The first kappa shape index (κ1) is 15.0. The highest BCUT2D eigenvalue weighted by molar-refractivity contribution is 7.15. The lowest BCUT2D eigenvalue weighted by atomic mass is 9.90. The van der Waals surface area contributed by atoms with Crippen LogP contribution < -0.4 is 10.6 Å². The third kappa shape index (κ3) is 2.97. The minimum atomic E-state index is -2.68. The average Bonchev–Trinajstić information content (AvgIpc) is 3.16. The van der Waals surface area contributed by atoms with Gasteiger partial charge in [-0.15, -0.1) is 10.2 Å². The van der Waals surface area contributed by atoms with E-state index in [0.29, 0.717) is 24.4 Å². The quantitative estimate of drug-likeness (QED) is 0.879. The zero-order valence-electron chi connectivity index (χ0n) is 11.7. The van der Waals surface area contributed by atoms with Crippen molar-refractivity contribution in [3.8, 4) is 0 Å². The Bertz CT molecular complexity index is 672. The molecule has 22 heavy (non-hydrogen) atoms. The monoisotopic (exact) mass is 328 g/mol. The van der Waals surface area contributed by atoms with Gasteiger partial charge >= 0.3 is 0 Å². The van der Waals surface area contributed by atoms with Crippen LogP contribution in [0.2, 0.25) is 0 Å². The summed E-state index contributed by atoms with van der Waals surface area (Å²) in [5, 5.41) is 16.5. The van der Waals surface area contributed by atoms with Crippen molar-refractivity contribution in [3.63, 3.8) is 0 Å². The van der Waals surface area contributed by atoms with Crippen molar-refractivity contribution in [2.45, 2.75) is 12.3 Å². The van der Waals surface area contributed by atoms with Gasteiger partial charge in [0.15, 0.2) is 5.01 Å². The number of carbonyl (C=O) groups excluding carboxylic acids is 1. The second-order valence-electron chi connectivity index (χ2n) is 5.05. The molecule has 3 heterocycles. The number of aryl methyl sites for hydroxylation is 1. The normalized spacial score (nSPS) is 21.5. The molecule has 118 valence electrons. The Hall–Kier alpha value is -1.94. The highest BCUT2D eigenvalue weighted by Gasteiger charge is 2.35. The van der Waals surface area contributed by atoms with Crippen molar-refractivity contribution in [1.29, 1.82) is 0 Å². The van der Waals surface area contributed by atoms with E-state index in [1.54, 1.807) is 10.9 Å². The smallest absolute Gasteiger partial charge is 0.291 e. The second-order valence-corrected chi connectivity index (χ2v) is 6.06. The Labute approximate surface area is 128 Å². The van der Waals surface area contributed by atoms with E-state index in [1.165, 1.54) is 0 Å². The summed E-state index contributed by atoms with van der Waals surface area (Å²) in [6.07, 6.45) is 0.926. The predicted octanol–water partition coefficient (Wildman–Crippen LogP) is 1.15. The molecule has 1 aliphatic rings. The number of hydrogen-bond donors (Lipinski definition) is 2. The van der Waals surface area contributed by atoms with E-state index in [1.807, 2.05) is 13.2 Å². The molecular formula is C12H14F2N6OS. The number of rotatable bonds is 4. The van der Waals surface area contributed by atoms with E-state index >= 15 is 0 Å². The molecule has 0 unspecified atom stereocenters. The molecule has 7 nitrogen and oxygen atoms in total. The van der Waals surface area contributed by atoms with Gasteiger partial charge in [0.25, 0.3) is 6.43 Å². The summed E-state index contributed by atoms with van der Waals surface area (Å²) in [5.41, 5.74) is 0.971. The van der Waals surface area contributed by atoms with Gasteiger partial charge in [0, 0.05) is 32.3 Å². The second kappa shape index (κ2) is 6.05. The van der Waals surface area contributed by atoms with Gasteiger partial charge in [-0.05, 0) is 5.56 Å². The van der Waals surface area contributed by atoms with Gasteiger partial charge in [-0.1, -0.05) is 11.3 Å². The standard InChI is InChI=1S/C12H14F2N6OS/c1-20-5-6(2-16-20)7-3-15-4-8(7)10(21)17-12-19-18-11(22-12)9(13)14/h2,5,7-9,15H,3-4H2,1H3,(H,17,19,21)/t7-,8+/m1/s1. The lowest BCUT2D eigenvalue weighted by molar-refractivity contribution is -0.119. The van der Waals surface area contributed by atoms with Gasteiger partial charge in [-0.25, -0.2) is 8.78 Å². The van der Waals surface area contributed by atoms with Crippen LogP contribution in [0.3, 0.4) is 0 Å². The van der Waals surface area contributed by atoms with Crippen molar-refractivity contribution in [3.05, 3.63) is 23.0 Å². The van der Waals surface area contributed by atoms with Crippen LogP contribution in [-0.4, -0.2) is 39.0 Å². The van der Waals surface area contributed by atoms with Crippen LogP contribution in [0.5, 0.6) is 0 Å². The molecule has 2 aromatic heterocycles. The number of aromatic nitrogens is 4. The zero-order chi connectivity index (χ0) is 15.7. The highest BCUT2D eigenvalue weighted by atomic mass is 32.1. The maximum Gasteiger partial charge on any atom is 0.291 e. The molecule has 1 aliphatic heterocycles. The first-order chi connectivity index (χ1) is 10.5. The number of nitrogens with one attached hydrogen (secondary N) is 2. The van der Waals surface area contributed by atoms with Crippen LogP contribution in [0.15, 0.2) is 12.4 Å². The third-order valence-corrected chi connectivity index (χ3v) is 4.41. The van der Waals surface area contributed by atoms with Crippen LogP contribution in [0, 0.1) is 5.92 Å². The minimum Gasteiger partial charge on any atom is -0.315 e. The molecule has 3 rings (SSSR count). The van der Waals surface area contributed by atoms with Crippen LogP contribution in [-0.2, 0) is 11.8 Å². The summed E-state index contributed by atoms with van der Waals surface area (Å²) < 4.78 is 26.6. The Morgan fingerprint density at radius 1 is 1.50 bits per heavy atom. The fourth-order valence-corrected chi connectivity index (χ4v) is 3.11. The largest absolute Gasteiger partial charge is 0.315 e. The lowest BCUT2D eigenvalue weighted by Crippen LogP contribution is -2.28. The predicted molar refractivity (Wildman–Crippen MR) is 75.8 cm³/mol. The average molecular weight is 328 g/mol. The molecule has 0 aromatic carbocycles. The first-order valence-electron chi connectivity index (χ1n) is 6.66. The Balaban J connectivity index is 1.70. The number of anilines is 1. The van der Waals surface area contributed by atoms with Crippen molar-refractivity contribution < 1.29 is 13.6 Å². The van der Waals surface area contributed by atoms with Crippen LogP contribution in [0.1, 0.15) is 22.9 Å². The van der Waals surface area contributed by atoms with E-state index in [-0.39, 0.29) is 22.9 Å². The van der Waals surface area contributed by atoms with Crippen molar-refractivity contribution in [2.24, 2.45) is 13.0 Å². The summed E-state index contributed by atoms with van der Waals surface area (Å²) in [6.45, 7) is 1.19. The molecule has 2 N–H and O–H groups in total. The molecule has 2 atom stereocenters. The molecule has 0 radical (unpaired) electrons. The Morgan fingerprint density at radius 3 is 2.95 bits per heavy atom. The van der Waals surface area contributed by atoms with E-state index in [4.69, 9.17) is 0 Å². The Kier molecular flexibility index (Phi) is 4.12. The topological polar surface area (TPSA) is 84.7 Å². The van der Waals surface area contributed by atoms with Crippen molar-refractivity contribution in [2.75, 3.05) is 18.4 Å². The van der Waals surface area contributed by atoms with E-state index in [0.717, 1.165) is 5.56 Å². The van der Waals surface area contributed by atoms with Gasteiger partial charge in [0.2, 0.25) is 11.0 Å². The molecule has 1 saturated heterocycles. The summed E-state index contributed by atoms with van der Waals surface area (Å²) in [6, 6.07) is 0. The molecule has 0 bridgehead atoms. The minimum absolute atomic E-state index is 0.00353. The number of amides is 1. The van der Waals surface area contributed by atoms with E-state index < -0.39 is 11.4 Å². The molecule has 1 amide bonds. The summed E-state index contributed by atoms with van der Waals surface area (Å²) in [4.78, 5) is 12.4. The van der Waals surface area contributed by atoms with Crippen LogP contribution >= 0.6 is 11.3 Å². The van der Waals surface area contributed by atoms with Crippen LogP contribution in [0.4, 0.5) is 13.9 Å². The number of carbonyl (C=O) groups is 1. The fraction of sp³-hybridized carbons (Fsp3) is 0.500. The van der Waals surface area contributed by atoms with Gasteiger partial charge in [0.05, 0.1) is 12.1 Å². The highest BCUT2D eigenvalue weighted by Crippen LogP contribution is 2.30. The first-order valence-corrected chi connectivity index (χ1v) is 7.48. The van der Waals surface area contributed by atoms with E-state index in [2.05, 4.69) is 25.9 Å². The van der Waals surface area contributed by atoms with Gasteiger partial charge in [0.1, 0.15) is 0 Å². The van der Waals surface area contributed by atoms with Crippen LogP contribution in [0.25, 0.3) is 0 Å². The Morgan fingerprint density at radius 2 is 2.32 bits per heavy atom. The maximum absolute atomic E-state index is 12.5. The molecule has 1 fully saturated rings. The molecule has 0 spiro atoms. The number of hydrogen-bond acceptors (Lipinski definition) is 6. The third-order valence-electron chi connectivity index (χ3n) is 3.56. The van der Waals surface area contributed by atoms with Gasteiger partial charge in [-0.2, -0.15) is 5.10 Å². The van der Waals surface area contributed by atoms with Crippen molar-refractivity contribution >= 4 is 22.4 Å². The molecular weight excluding hydrogens is 314 g/mol. The molecule has 0 saturated carbocycles. The number of halogens is 2. The molecule has 0 aliphatic carbocycles. The lowest BCUT2D eigenvalue weighted by Gasteiger charge is -2.15. The summed E-state index contributed by atoms with van der Waals surface area (Å²) >= 11 is 0.688.